The number of methoxy groups -OCH3 is 1. The van der Waals surface area contributed by atoms with Crippen LogP contribution in [0.15, 0.2) is 36.5 Å². The zero-order valence-electron chi connectivity index (χ0n) is 31.8. The molecule has 2 aromatic heterocycles. The minimum atomic E-state index is -2.09. The number of halogens is 1. The second-order valence-electron chi connectivity index (χ2n) is 16.1. The first-order valence-electron chi connectivity index (χ1n) is 18.5. The molecule has 0 spiro atoms. The molecule has 0 bridgehead atoms. The van der Waals surface area contributed by atoms with Crippen LogP contribution in [0.25, 0.3) is 32.9 Å². The molecule has 0 unspecified atom stereocenters. The fourth-order valence-electron chi connectivity index (χ4n) is 8.17. The summed E-state index contributed by atoms with van der Waals surface area (Å²) < 4.78 is 34.5. The average molecular weight is 729 g/mol. The molecule has 2 aromatic carbocycles. The molecule has 2 aliphatic rings. The Hall–Kier alpha value is -3.82. The van der Waals surface area contributed by atoms with Crippen molar-refractivity contribution in [3.63, 3.8) is 0 Å². The van der Waals surface area contributed by atoms with Crippen LogP contribution in [0.3, 0.4) is 0 Å². The fourth-order valence-corrected chi connectivity index (χ4v) is 13.4. The van der Waals surface area contributed by atoms with Crippen LogP contribution in [0.4, 0.5) is 10.2 Å². The Kier molecular flexibility index (Phi) is 10.9. The summed E-state index contributed by atoms with van der Waals surface area (Å²) in [6.07, 6.45) is 4.70. The maximum atomic E-state index is 17.3. The number of fused-ring (bicyclic) bond motifs is 2. The number of aliphatic hydroxyl groups is 2. The molecule has 2 N–H and O–H groups in total. The van der Waals surface area contributed by atoms with Crippen LogP contribution >= 0.6 is 0 Å². The maximum absolute atomic E-state index is 17.3. The van der Waals surface area contributed by atoms with Crippen LogP contribution in [0.2, 0.25) is 16.6 Å². The van der Waals surface area contributed by atoms with Crippen molar-refractivity contribution in [3.05, 3.63) is 47.9 Å². The van der Waals surface area contributed by atoms with Gasteiger partial charge in [-0.15, -0.1) is 5.54 Å². The lowest BCUT2D eigenvalue weighted by Gasteiger charge is -2.38. The Morgan fingerprint density at radius 2 is 1.75 bits per heavy atom. The van der Waals surface area contributed by atoms with Gasteiger partial charge in [-0.05, 0) is 72.8 Å². The number of hydrogen-bond acceptors (Lipinski definition) is 9. The zero-order chi connectivity index (χ0) is 37.4. The lowest BCUT2D eigenvalue weighted by atomic mass is 9.95. The van der Waals surface area contributed by atoms with Gasteiger partial charge in [-0.25, -0.2) is 4.39 Å². The van der Waals surface area contributed by atoms with Crippen molar-refractivity contribution in [2.75, 3.05) is 45.1 Å². The number of aromatic nitrogens is 3. The number of rotatable bonds is 12. The standard InChI is InChI=1S/C41H53FN4O5Si/c1-26(2)52(27(3)4,28(5)6)18-13-29-11-9-12-30-19-31(51-25-49-8)20-32(34(29)30)36-35(42)37-33(21-43-36)38(46-17-10-14-40(7,48)22-46)45-39(44-37)50-24-41(23-47)15-16-41/h9,11-12,19-21,26-28,47-48H,10,14-17,22-25H2,1-8H3/t40-/m1/s1. The van der Waals surface area contributed by atoms with Gasteiger partial charge in [0.15, 0.2) is 12.6 Å². The van der Waals surface area contributed by atoms with Gasteiger partial charge in [0.1, 0.15) is 30.9 Å². The summed E-state index contributed by atoms with van der Waals surface area (Å²) in [5.41, 5.74) is 5.43. The fraction of sp³-hybridized carbons (Fsp3) is 0.537. The molecule has 0 amide bonds. The highest BCUT2D eigenvalue weighted by Gasteiger charge is 2.44. The number of pyridine rings is 1. The van der Waals surface area contributed by atoms with E-state index in [-0.39, 0.29) is 42.6 Å². The number of β-amino-alcohol motifs (C(OH)–C–C–N with tert-alkyl or cyclic N) is 1. The lowest BCUT2D eigenvalue weighted by molar-refractivity contribution is 0.0447. The molecule has 11 heteroatoms. The Balaban J connectivity index is 1.57. The number of aliphatic hydroxyl groups excluding tert-OH is 1. The van der Waals surface area contributed by atoms with Gasteiger partial charge >= 0.3 is 6.01 Å². The third-order valence-corrected chi connectivity index (χ3v) is 17.5. The molecule has 1 aliphatic heterocycles. The van der Waals surface area contributed by atoms with Crippen molar-refractivity contribution in [2.45, 2.75) is 96.4 Å². The van der Waals surface area contributed by atoms with E-state index in [1.165, 1.54) is 0 Å². The Morgan fingerprint density at radius 1 is 1.02 bits per heavy atom. The third kappa shape index (κ3) is 7.36. The number of hydrogen-bond donors (Lipinski definition) is 2. The van der Waals surface area contributed by atoms with Crippen LogP contribution in [0.1, 0.15) is 79.7 Å². The molecule has 1 atom stereocenters. The van der Waals surface area contributed by atoms with Gasteiger partial charge in [0, 0.05) is 48.3 Å². The van der Waals surface area contributed by atoms with Crippen molar-refractivity contribution in [1.29, 1.82) is 0 Å². The molecule has 2 fully saturated rings. The van der Waals surface area contributed by atoms with Gasteiger partial charge in [-0.1, -0.05) is 59.6 Å². The van der Waals surface area contributed by atoms with Crippen LogP contribution in [-0.4, -0.2) is 79.0 Å². The van der Waals surface area contributed by atoms with E-state index in [0.717, 1.165) is 35.6 Å². The first kappa shape index (κ1) is 37.9. The van der Waals surface area contributed by atoms with Gasteiger partial charge < -0.3 is 29.3 Å². The van der Waals surface area contributed by atoms with E-state index in [2.05, 4.69) is 58.0 Å². The highest BCUT2D eigenvalue weighted by atomic mass is 28.3. The predicted molar refractivity (Wildman–Crippen MR) is 207 cm³/mol. The first-order chi connectivity index (χ1) is 24.7. The van der Waals surface area contributed by atoms with E-state index in [4.69, 9.17) is 24.2 Å². The monoisotopic (exact) mass is 728 g/mol. The van der Waals surface area contributed by atoms with Crippen molar-refractivity contribution in [2.24, 2.45) is 5.41 Å². The van der Waals surface area contributed by atoms with Gasteiger partial charge in [0.05, 0.1) is 24.2 Å². The molecule has 278 valence electrons. The van der Waals surface area contributed by atoms with Gasteiger partial charge in [0.2, 0.25) is 0 Å². The number of piperidine rings is 1. The molecule has 3 heterocycles. The molecule has 6 rings (SSSR count). The highest BCUT2D eigenvalue weighted by molar-refractivity contribution is 6.90. The number of benzene rings is 2. The topological polar surface area (TPSA) is 110 Å². The van der Waals surface area contributed by atoms with E-state index < -0.39 is 19.5 Å². The number of ether oxygens (including phenoxy) is 3. The van der Waals surface area contributed by atoms with Gasteiger partial charge in [-0.3, -0.25) is 4.98 Å². The van der Waals surface area contributed by atoms with E-state index in [1.54, 1.807) is 26.3 Å². The molecular weight excluding hydrogens is 676 g/mol. The predicted octanol–water partition coefficient (Wildman–Crippen LogP) is 8.04. The van der Waals surface area contributed by atoms with Gasteiger partial charge in [-0.2, -0.15) is 9.97 Å². The largest absolute Gasteiger partial charge is 0.468 e. The molecule has 1 aliphatic carbocycles. The maximum Gasteiger partial charge on any atom is 0.319 e. The SMILES string of the molecule is COCOc1cc(-c2ncc3c(N4CCC[C@@](C)(O)C4)nc(OCC4(CO)CC4)nc3c2F)c2c(C#C[Si](C(C)C)(C(C)C)C(C)C)cccc2c1. The highest BCUT2D eigenvalue weighted by Crippen LogP contribution is 2.46. The number of anilines is 1. The first-order valence-corrected chi connectivity index (χ1v) is 20.8. The minimum Gasteiger partial charge on any atom is -0.468 e. The van der Waals surface area contributed by atoms with Crippen molar-refractivity contribution in [1.82, 2.24) is 15.0 Å². The Morgan fingerprint density at radius 3 is 2.38 bits per heavy atom. The summed E-state index contributed by atoms with van der Waals surface area (Å²) in [7, 11) is -0.536. The summed E-state index contributed by atoms with van der Waals surface area (Å²) >= 11 is 0. The lowest BCUT2D eigenvalue weighted by Crippen LogP contribution is -2.46. The second-order valence-corrected chi connectivity index (χ2v) is 21.6. The molecular formula is C41H53FN4O5Si. The average Bonchev–Trinajstić information content (AvgIpc) is 3.89. The van der Waals surface area contributed by atoms with Crippen molar-refractivity contribution < 1.29 is 28.8 Å². The van der Waals surface area contributed by atoms with Crippen LogP contribution in [0.5, 0.6) is 11.8 Å². The Labute approximate surface area is 307 Å². The van der Waals surface area contributed by atoms with Crippen molar-refractivity contribution >= 4 is 35.6 Å². The van der Waals surface area contributed by atoms with Crippen LogP contribution in [0, 0.1) is 22.7 Å². The van der Waals surface area contributed by atoms with Gasteiger partial charge in [0.25, 0.3) is 0 Å². The summed E-state index contributed by atoms with van der Waals surface area (Å²) in [6, 6.07) is 9.68. The molecule has 52 heavy (non-hydrogen) atoms. The third-order valence-electron chi connectivity index (χ3n) is 11.2. The second kappa shape index (κ2) is 14.9. The van der Waals surface area contributed by atoms with E-state index in [9.17, 15) is 10.2 Å². The molecule has 1 saturated heterocycles. The quantitative estimate of drug-likeness (QED) is 0.0851. The van der Waals surface area contributed by atoms with E-state index >= 15 is 4.39 Å². The summed E-state index contributed by atoms with van der Waals surface area (Å²) in [4.78, 5) is 16.1. The zero-order valence-corrected chi connectivity index (χ0v) is 32.8. The smallest absolute Gasteiger partial charge is 0.319 e. The van der Waals surface area contributed by atoms with E-state index in [1.807, 2.05) is 29.2 Å². The molecule has 1 saturated carbocycles. The summed E-state index contributed by atoms with van der Waals surface area (Å²) in [5, 5.41) is 22.9. The Bertz CT molecular complexity index is 1980. The summed E-state index contributed by atoms with van der Waals surface area (Å²) in [6.45, 7) is 16.7. The minimum absolute atomic E-state index is 0.000241. The molecule has 0 radical (unpaired) electrons. The normalized spacial score (nSPS) is 18.7. The number of nitrogens with zero attached hydrogens (tertiary/aromatic N) is 4. The molecule has 4 aromatic rings. The molecule has 9 nitrogen and oxygen atoms in total. The van der Waals surface area contributed by atoms with Crippen LogP contribution < -0.4 is 14.4 Å². The van der Waals surface area contributed by atoms with Crippen molar-refractivity contribution in [3.8, 4) is 34.5 Å². The van der Waals surface area contributed by atoms with E-state index in [0.29, 0.717) is 58.7 Å². The van der Waals surface area contributed by atoms with Crippen LogP contribution in [-0.2, 0) is 4.74 Å². The summed E-state index contributed by atoms with van der Waals surface area (Å²) in [5.74, 6) is 3.95.